The molecule has 0 heterocycles. The highest BCUT2D eigenvalue weighted by Gasteiger charge is 2.01. The Bertz CT molecular complexity index is 384. The average molecular weight is 429 g/mol. The van der Waals surface area contributed by atoms with Gasteiger partial charge in [0.1, 0.15) is 6.61 Å². The fourth-order valence-electron chi connectivity index (χ4n) is 3.08. The standard InChI is InChI=1S/C25H48O5/c1-4-5-6-7-8-9-10-11-12-13-14-15-16-17-27-18-19-28-20-21-29-22-23-30-25(26)24(2)3/h2,4-23H2,1,3H3. The van der Waals surface area contributed by atoms with Crippen molar-refractivity contribution in [3.8, 4) is 0 Å². The van der Waals surface area contributed by atoms with E-state index in [1.165, 1.54) is 77.0 Å². The van der Waals surface area contributed by atoms with Crippen molar-refractivity contribution in [2.45, 2.75) is 97.3 Å². The van der Waals surface area contributed by atoms with E-state index in [-0.39, 0.29) is 12.6 Å². The van der Waals surface area contributed by atoms with Crippen LogP contribution < -0.4 is 0 Å². The quantitative estimate of drug-likeness (QED) is 0.103. The summed E-state index contributed by atoms with van der Waals surface area (Å²) in [5, 5.41) is 0. The van der Waals surface area contributed by atoms with Crippen LogP contribution >= 0.6 is 0 Å². The van der Waals surface area contributed by atoms with E-state index in [0.29, 0.717) is 38.6 Å². The van der Waals surface area contributed by atoms with Crippen molar-refractivity contribution in [1.29, 1.82) is 0 Å². The molecule has 0 spiro atoms. The molecule has 0 aliphatic rings. The molecule has 0 radical (unpaired) electrons. The Balaban J connectivity index is 3.05. The van der Waals surface area contributed by atoms with E-state index in [9.17, 15) is 4.79 Å². The number of ether oxygens (including phenoxy) is 4. The van der Waals surface area contributed by atoms with E-state index in [1.807, 2.05) is 0 Å². The Labute approximate surface area is 185 Å². The summed E-state index contributed by atoms with van der Waals surface area (Å²) in [4.78, 5) is 11.1. The highest BCUT2D eigenvalue weighted by molar-refractivity contribution is 5.86. The highest BCUT2D eigenvalue weighted by atomic mass is 16.6. The molecular formula is C25H48O5. The first-order chi connectivity index (χ1) is 14.7. The van der Waals surface area contributed by atoms with E-state index in [0.717, 1.165) is 13.0 Å². The summed E-state index contributed by atoms with van der Waals surface area (Å²) in [6.45, 7) is 11.1. The monoisotopic (exact) mass is 428 g/mol. The molecule has 0 atom stereocenters. The molecule has 5 nitrogen and oxygen atoms in total. The normalized spacial score (nSPS) is 11.0. The summed E-state index contributed by atoms with van der Waals surface area (Å²) in [6, 6.07) is 0. The zero-order chi connectivity index (χ0) is 22.1. The van der Waals surface area contributed by atoms with Gasteiger partial charge in [0.25, 0.3) is 0 Å². The molecule has 0 bridgehead atoms. The van der Waals surface area contributed by atoms with Crippen LogP contribution in [-0.2, 0) is 23.7 Å². The lowest BCUT2D eigenvalue weighted by molar-refractivity contribution is -0.140. The molecule has 0 saturated heterocycles. The number of unbranched alkanes of at least 4 members (excludes halogenated alkanes) is 12. The molecule has 0 aromatic carbocycles. The molecule has 0 saturated carbocycles. The SMILES string of the molecule is C=C(C)C(=O)OCCOCCOCCOCCCCCCCCCCCCCCC. The molecule has 0 fully saturated rings. The topological polar surface area (TPSA) is 54.0 Å². The third kappa shape index (κ3) is 23.4. The zero-order valence-electron chi connectivity index (χ0n) is 19.9. The van der Waals surface area contributed by atoms with E-state index < -0.39 is 0 Å². The van der Waals surface area contributed by atoms with Gasteiger partial charge in [0.05, 0.1) is 33.0 Å². The third-order valence-electron chi connectivity index (χ3n) is 4.95. The minimum absolute atomic E-state index is 0.244. The van der Waals surface area contributed by atoms with Gasteiger partial charge in [-0.25, -0.2) is 4.79 Å². The summed E-state index contributed by atoms with van der Waals surface area (Å²) in [5.41, 5.74) is 0.400. The fourth-order valence-corrected chi connectivity index (χ4v) is 3.08. The lowest BCUT2D eigenvalue weighted by Crippen LogP contribution is -2.14. The first-order valence-corrected chi connectivity index (χ1v) is 12.2. The molecule has 0 rings (SSSR count). The highest BCUT2D eigenvalue weighted by Crippen LogP contribution is 2.12. The maximum atomic E-state index is 11.1. The number of hydrogen-bond acceptors (Lipinski definition) is 5. The first kappa shape index (κ1) is 29.1. The molecule has 0 unspecified atom stereocenters. The van der Waals surface area contributed by atoms with Gasteiger partial charge in [0.2, 0.25) is 0 Å². The van der Waals surface area contributed by atoms with Crippen LogP contribution in [0.4, 0.5) is 0 Å². The van der Waals surface area contributed by atoms with E-state index >= 15 is 0 Å². The van der Waals surface area contributed by atoms with E-state index in [4.69, 9.17) is 18.9 Å². The summed E-state index contributed by atoms with van der Waals surface area (Å²) in [7, 11) is 0. The third-order valence-corrected chi connectivity index (χ3v) is 4.95. The van der Waals surface area contributed by atoms with Crippen molar-refractivity contribution >= 4 is 5.97 Å². The van der Waals surface area contributed by atoms with Gasteiger partial charge in [-0.3, -0.25) is 0 Å². The maximum absolute atomic E-state index is 11.1. The van der Waals surface area contributed by atoms with Gasteiger partial charge >= 0.3 is 5.97 Å². The predicted molar refractivity (Wildman–Crippen MR) is 124 cm³/mol. The van der Waals surface area contributed by atoms with Gasteiger partial charge in [-0.05, 0) is 13.3 Å². The number of rotatable bonds is 24. The van der Waals surface area contributed by atoms with Gasteiger partial charge in [-0.15, -0.1) is 0 Å². The van der Waals surface area contributed by atoms with Crippen molar-refractivity contribution < 1.29 is 23.7 Å². The largest absolute Gasteiger partial charge is 0.460 e. The summed E-state index contributed by atoms with van der Waals surface area (Å²) >= 11 is 0. The number of carbonyl (C=O) groups excluding carboxylic acids is 1. The van der Waals surface area contributed by atoms with Crippen molar-refractivity contribution in [1.82, 2.24) is 0 Å². The second-order valence-corrected chi connectivity index (χ2v) is 8.00. The van der Waals surface area contributed by atoms with Gasteiger partial charge in [-0.2, -0.15) is 0 Å². The van der Waals surface area contributed by atoms with Gasteiger partial charge in [0, 0.05) is 12.2 Å². The van der Waals surface area contributed by atoms with Crippen molar-refractivity contribution in [2.24, 2.45) is 0 Å². The van der Waals surface area contributed by atoms with Crippen LogP contribution in [0, 0.1) is 0 Å². The average Bonchev–Trinajstić information content (AvgIpc) is 2.74. The molecule has 30 heavy (non-hydrogen) atoms. The Morgan fingerprint density at radius 1 is 0.567 bits per heavy atom. The smallest absolute Gasteiger partial charge is 0.333 e. The molecule has 0 aliphatic carbocycles. The maximum Gasteiger partial charge on any atom is 0.333 e. The van der Waals surface area contributed by atoms with Crippen molar-refractivity contribution in [3.63, 3.8) is 0 Å². The second-order valence-electron chi connectivity index (χ2n) is 8.00. The van der Waals surface area contributed by atoms with Crippen LogP contribution in [0.1, 0.15) is 97.3 Å². The first-order valence-electron chi connectivity index (χ1n) is 12.2. The summed E-state index contributed by atoms with van der Waals surface area (Å²) in [6.07, 6.45) is 17.8. The Hall–Kier alpha value is -0.910. The van der Waals surface area contributed by atoms with E-state index in [1.54, 1.807) is 6.92 Å². The van der Waals surface area contributed by atoms with Crippen LogP contribution in [0.3, 0.4) is 0 Å². The van der Waals surface area contributed by atoms with Crippen LogP contribution in [-0.4, -0.2) is 52.2 Å². The number of esters is 1. The Kier molecular flexibility index (Phi) is 23.6. The molecule has 0 aromatic heterocycles. The lowest BCUT2D eigenvalue weighted by Gasteiger charge is -2.07. The Morgan fingerprint density at radius 3 is 1.37 bits per heavy atom. The number of hydrogen-bond donors (Lipinski definition) is 0. The summed E-state index contributed by atoms with van der Waals surface area (Å²) in [5.74, 6) is -0.379. The van der Waals surface area contributed by atoms with Gasteiger partial charge < -0.3 is 18.9 Å². The molecule has 0 aliphatic heterocycles. The van der Waals surface area contributed by atoms with Gasteiger partial charge in [0.15, 0.2) is 0 Å². The zero-order valence-corrected chi connectivity index (χ0v) is 19.9. The Morgan fingerprint density at radius 2 is 0.933 bits per heavy atom. The fraction of sp³-hybridized carbons (Fsp3) is 0.880. The van der Waals surface area contributed by atoms with Gasteiger partial charge in [-0.1, -0.05) is 90.6 Å². The van der Waals surface area contributed by atoms with Crippen molar-refractivity contribution in [3.05, 3.63) is 12.2 Å². The van der Waals surface area contributed by atoms with Crippen molar-refractivity contribution in [2.75, 3.05) is 46.2 Å². The number of carbonyl (C=O) groups is 1. The van der Waals surface area contributed by atoms with E-state index in [2.05, 4.69) is 13.5 Å². The molecule has 5 heteroatoms. The summed E-state index contributed by atoms with van der Waals surface area (Å²) < 4.78 is 21.3. The minimum atomic E-state index is -0.379. The molecule has 178 valence electrons. The molecular weight excluding hydrogens is 380 g/mol. The predicted octanol–water partition coefficient (Wildman–Crippen LogP) is 6.25. The lowest BCUT2D eigenvalue weighted by atomic mass is 10.0. The molecule has 0 N–H and O–H groups in total. The van der Waals surface area contributed by atoms with Crippen LogP contribution in [0.2, 0.25) is 0 Å². The minimum Gasteiger partial charge on any atom is -0.460 e. The molecule has 0 amide bonds. The van der Waals surface area contributed by atoms with Crippen LogP contribution in [0.25, 0.3) is 0 Å². The second kappa shape index (κ2) is 24.4. The van der Waals surface area contributed by atoms with Crippen LogP contribution in [0.15, 0.2) is 12.2 Å². The van der Waals surface area contributed by atoms with Crippen LogP contribution in [0.5, 0.6) is 0 Å². The molecule has 0 aromatic rings.